The number of nitrogens with one attached hydrogen (secondary N) is 1. The molecule has 0 aliphatic heterocycles. The van der Waals surface area contributed by atoms with Crippen LogP contribution in [0, 0.1) is 6.92 Å². The van der Waals surface area contributed by atoms with E-state index < -0.39 is 0 Å². The van der Waals surface area contributed by atoms with Crippen molar-refractivity contribution in [3.05, 3.63) is 71.5 Å². The fourth-order valence-corrected chi connectivity index (χ4v) is 3.22. The zero-order valence-electron chi connectivity index (χ0n) is 13.0. The number of hydrogen-bond donors (Lipinski definition) is 1. The molecule has 0 radical (unpaired) electrons. The summed E-state index contributed by atoms with van der Waals surface area (Å²) in [5.74, 6) is 2.05. The number of carbonyl (C=O) groups is 1. The van der Waals surface area contributed by atoms with Crippen molar-refractivity contribution in [3.63, 3.8) is 0 Å². The van der Waals surface area contributed by atoms with Gasteiger partial charge in [-0.05, 0) is 24.6 Å². The molecule has 1 amide bonds. The van der Waals surface area contributed by atoms with E-state index in [1.54, 1.807) is 6.07 Å². The maximum Gasteiger partial charge on any atom is 0.287 e. The highest BCUT2D eigenvalue weighted by Crippen LogP contribution is 2.18. The second-order valence-corrected chi connectivity index (χ2v) is 6.55. The third-order valence-electron chi connectivity index (χ3n) is 3.53. The van der Waals surface area contributed by atoms with Crippen molar-refractivity contribution in [1.82, 2.24) is 5.32 Å². The van der Waals surface area contributed by atoms with Gasteiger partial charge in [-0.3, -0.25) is 4.79 Å². The standard InChI is InChI=1S/C19H19NO2S/c1-14-5-4-6-15(11-14)13-23-10-9-20-19(21)18-12-16-7-2-3-8-17(16)22-18/h2-8,11-12H,9-10,13H2,1H3,(H,20,21). The smallest absolute Gasteiger partial charge is 0.287 e. The van der Waals surface area contributed by atoms with Gasteiger partial charge < -0.3 is 9.73 Å². The van der Waals surface area contributed by atoms with Crippen LogP contribution >= 0.6 is 11.8 Å². The van der Waals surface area contributed by atoms with Crippen LogP contribution in [0.5, 0.6) is 0 Å². The van der Waals surface area contributed by atoms with Crippen LogP contribution in [0.2, 0.25) is 0 Å². The number of fused-ring (bicyclic) bond motifs is 1. The molecule has 23 heavy (non-hydrogen) atoms. The Kier molecular flexibility index (Phi) is 5.03. The molecule has 0 atom stereocenters. The Hall–Kier alpha value is -2.20. The molecule has 1 aromatic heterocycles. The summed E-state index contributed by atoms with van der Waals surface area (Å²) in [4.78, 5) is 12.1. The molecule has 3 aromatic rings. The number of benzene rings is 2. The lowest BCUT2D eigenvalue weighted by molar-refractivity contribution is 0.0930. The number of rotatable bonds is 6. The highest BCUT2D eigenvalue weighted by Gasteiger charge is 2.11. The molecule has 0 saturated heterocycles. The highest BCUT2D eigenvalue weighted by atomic mass is 32.2. The monoisotopic (exact) mass is 325 g/mol. The van der Waals surface area contributed by atoms with Gasteiger partial charge in [-0.15, -0.1) is 0 Å². The zero-order valence-corrected chi connectivity index (χ0v) is 13.9. The molecular formula is C19H19NO2S. The number of furan rings is 1. The average Bonchev–Trinajstić information content (AvgIpc) is 2.98. The van der Waals surface area contributed by atoms with Crippen LogP contribution in [0.25, 0.3) is 11.0 Å². The molecule has 1 N–H and O–H groups in total. The first-order chi connectivity index (χ1) is 11.2. The van der Waals surface area contributed by atoms with Gasteiger partial charge >= 0.3 is 0 Å². The number of aryl methyl sites for hydroxylation is 1. The quantitative estimate of drug-likeness (QED) is 0.683. The van der Waals surface area contributed by atoms with Crippen LogP contribution in [-0.2, 0) is 5.75 Å². The second kappa shape index (κ2) is 7.38. The first kappa shape index (κ1) is 15.7. The van der Waals surface area contributed by atoms with E-state index in [0.29, 0.717) is 12.3 Å². The summed E-state index contributed by atoms with van der Waals surface area (Å²) in [5, 5.41) is 3.85. The van der Waals surface area contributed by atoms with Crippen molar-refractivity contribution in [2.24, 2.45) is 0 Å². The number of hydrogen-bond acceptors (Lipinski definition) is 3. The summed E-state index contributed by atoms with van der Waals surface area (Å²) in [7, 11) is 0. The summed E-state index contributed by atoms with van der Waals surface area (Å²) in [6, 6.07) is 17.9. The topological polar surface area (TPSA) is 42.2 Å². The molecule has 0 fully saturated rings. The molecule has 0 bridgehead atoms. The molecule has 1 heterocycles. The first-order valence-corrected chi connectivity index (χ1v) is 8.78. The summed E-state index contributed by atoms with van der Waals surface area (Å²) >= 11 is 1.81. The lowest BCUT2D eigenvalue weighted by Gasteiger charge is -2.04. The van der Waals surface area contributed by atoms with Gasteiger partial charge in [-0.2, -0.15) is 11.8 Å². The third-order valence-corrected chi connectivity index (χ3v) is 4.56. The Balaban J connectivity index is 1.44. The van der Waals surface area contributed by atoms with E-state index in [1.807, 2.05) is 36.0 Å². The predicted molar refractivity (Wildman–Crippen MR) is 95.9 cm³/mol. The Labute approximate surface area is 140 Å². The van der Waals surface area contributed by atoms with E-state index in [2.05, 4.69) is 36.5 Å². The average molecular weight is 325 g/mol. The minimum absolute atomic E-state index is 0.155. The van der Waals surface area contributed by atoms with Gasteiger partial charge in [-0.1, -0.05) is 48.0 Å². The van der Waals surface area contributed by atoms with E-state index >= 15 is 0 Å². The van der Waals surface area contributed by atoms with Crippen LogP contribution in [0.1, 0.15) is 21.7 Å². The van der Waals surface area contributed by atoms with Gasteiger partial charge in [0.05, 0.1) is 0 Å². The van der Waals surface area contributed by atoms with E-state index in [1.165, 1.54) is 11.1 Å². The van der Waals surface area contributed by atoms with Crippen molar-refractivity contribution in [2.75, 3.05) is 12.3 Å². The molecular weight excluding hydrogens is 306 g/mol. The summed E-state index contributed by atoms with van der Waals surface area (Å²) < 4.78 is 5.55. The lowest BCUT2D eigenvalue weighted by Crippen LogP contribution is -2.25. The van der Waals surface area contributed by atoms with E-state index in [9.17, 15) is 4.79 Å². The van der Waals surface area contributed by atoms with Gasteiger partial charge in [0.15, 0.2) is 5.76 Å². The van der Waals surface area contributed by atoms with Gasteiger partial charge in [0, 0.05) is 23.4 Å². The molecule has 0 aliphatic carbocycles. The molecule has 0 spiro atoms. The minimum atomic E-state index is -0.155. The maximum atomic E-state index is 12.1. The summed E-state index contributed by atoms with van der Waals surface area (Å²) in [6.45, 7) is 2.73. The number of para-hydroxylation sites is 1. The Morgan fingerprint density at radius 1 is 1.13 bits per heavy atom. The summed E-state index contributed by atoms with van der Waals surface area (Å²) in [6.07, 6.45) is 0. The van der Waals surface area contributed by atoms with Crippen LogP contribution < -0.4 is 5.32 Å². The fraction of sp³-hybridized carbons (Fsp3) is 0.211. The van der Waals surface area contributed by atoms with Gasteiger partial charge in [0.2, 0.25) is 0 Å². The maximum absolute atomic E-state index is 12.1. The Morgan fingerprint density at radius 2 is 2.00 bits per heavy atom. The molecule has 2 aromatic carbocycles. The third kappa shape index (κ3) is 4.17. The predicted octanol–water partition coefficient (Wildman–Crippen LogP) is 4.40. The van der Waals surface area contributed by atoms with Gasteiger partial charge in [0.25, 0.3) is 5.91 Å². The number of carbonyl (C=O) groups excluding carboxylic acids is 1. The zero-order chi connectivity index (χ0) is 16.1. The van der Waals surface area contributed by atoms with Gasteiger partial charge in [-0.25, -0.2) is 0 Å². The number of thioether (sulfide) groups is 1. The minimum Gasteiger partial charge on any atom is -0.451 e. The first-order valence-electron chi connectivity index (χ1n) is 7.62. The highest BCUT2D eigenvalue weighted by molar-refractivity contribution is 7.98. The van der Waals surface area contributed by atoms with E-state index in [-0.39, 0.29) is 5.91 Å². The second-order valence-electron chi connectivity index (χ2n) is 5.45. The Morgan fingerprint density at radius 3 is 2.83 bits per heavy atom. The van der Waals surface area contributed by atoms with Crippen molar-refractivity contribution in [1.29, 1.82) is 0 Å². The SMILES string of the molecule is Cc1cccc(CSCCNC(=O)c2cc3ccccc3o2)c1. The molecule has 3 nitrogen and oxygen atoms in total. The van der Waals surface area contributed by atoms with E-state index in [0.717, 1.165) is 22.5 Å². The van der Waals surface area contributed by atoms with Crippen molar-refractivity contribution in [2.45, 2.75) is 12.7 Å². The van der Waals surface area contributed by atoms with E-state index in [4.69, 9.17) is 4.42 Å². The van der Waals surface area contributed by atoms with Crippen LogP contribution in [0.4, 0.5) is 0 Å². The lowest BCUT2D eigenvalue weighted by atomic mass is 10.2. The summed E-state index contributed by atoms with van der Waals surface area (Å²) in [5.41, 5.74) is 3.34. The molecule has 3 rings (SSSR count). The van der Waals surface area contributed by atoms with Gasteiger partial charge in [0.1, 0.15) is 5.58 Å². The molecule has 0 saturated carbocycles. The number of amides is 1. The molecule has 4 heteroatoms. The molecule has 118 valence electrons. The van der Waals surface area contributed by atoms with Crippen LogP contribution in [0.15, 0.2) is 59.0 Å². The van der Waals surface area contributed by atoms with Crippen LogP contribution in [-0.4, -0.2) is 18.2 Å². The largest absolute Gasteiger partial charge is 0.451 e. The van der Waals surface area contributed by atoms with Crippen molar-refractivity contribution < 1.29 is 9.21 Å². The van der Waals surface area contributed by atoms with Crippen molar-refractivity contribution in [3.8, 4) is 0 Å². The van der Waals surface area contributed by atoms with Crippen LogP contribution in [0.3, 0.4) is 0 Å². The normalized spacial score (nSPS) is 10.8. The molecule has 0 unspecified atom stereocenters. The molecule has 0 aliphatic rings. The Bertz CT molecular complexity index is 777. The van der Waals surface area contributed by atoms with Crippen molar-refractivity contribution >= 4 is 28.6 Å². The fourth-order valence-electron chi connectivity index (χ4n) is 2.41.